The summed E-state index contributed by atoms with van der Waals surface area (Å²) in [6, 6.07) is 0. The predicted octanol–water partition coefficient (Wildman–Crippen LogP) is 1.07. The molecule has 0 amide bonds. The van der Waals surface area contributed by atoms with Crippen LogP contribution in [0.5, 0.6) is 5.88 Å². The summed E-state index contributed by atoms with van der Waals surface area (Å²) in [5, 5.41) is 8.74. The van der Waals surface area contributed by atoms with Gasteiger partial charge in [-0.05, 0) is 6.92 Å². The van der Waals surface area contributed by atoms with Crippen LogP contribution in [0, 0.1) is 6.92 Å². The first-order valence-electron chi connectivity index (χ1n) is 3.83. The first-order valence-corrected chi connectivity index (χ1v) is 4.21. The second kappa shape index (κ2) is 4.23. The predicted molar refractivity (Wildman–Crippen MR) is 49.7 cm³/mol. The van der Waals surface area contributed by atoms with Gasteiger partial charge in [-0.15, -0.1) is 0 Å². The molecule has 0 radical (unpaired) electrons. The molecule has 1 aromatic heterocycles. The summed E-state index contributed by atoms with van der Waals surface area (Å²) >= 11 is 5.81. The molecule has 1 rings (SSSR count). The summed E-state index contributed by atoms with van der Waals surface area (Å²) < 4.78 is 4.87. The molecule has 1 N–H and O–H groups in total. The number of hydrogen-bond donors (Lipinski definition) is 1. The topological polar surface area (TPSA) is 72.3 Å². The van der Waals surface area contributed by atoms with Crippen molar-refractivity contribution in [3.63, 3.8) is 0 Å². The maximum Gasteiger partial charge on any atom is 0.309 e. The van der Waals surface area contributed by atoms with Crippen molar-refractivity contribution < 1.29 is 14.6 Å². The monoisotopic (exact) mass is 216 g/mol. The molecular formula is C8H9ClN2O3. The van der Waals surface area contributed by atoms with E-state index in [1.54, 1.807) is 6.92 Å². The third-order valence-electron chi connectivity index (χ3n) is 1.51. The molecule has 0 aromatic carbocycles. The average molecular weight is 217 g/mol. The van der Waals surface area contributed by atoms with Crippen molar-refractivity contribution in [1.29, 1.82) is 0 Å². The van der Waals surface area contributed by atoms with Gasteiger partial charge in [0, 0.05) is 0 Å². The highest BCUT2D eigenvalue weighted by atomic mass is 35.5. The fourth-order valence-corrected chi connectivity index (χ4v) is 1.21. The van der Waals surface area contributed by atoms with E-state index in [1.807, 2.05) is 0 Å². The van der Waals surface area contributed by atoms with Crippen LogP contribution in [-0.2, 0) is 11.2 Å². The van der Waals surface area contributed by atoms with Crippen molar-refractivity contribution in [1.82, 2.24) is 9.97 Å². The van der Waals surface area contributed by atoms with Gasteiger partial charge in [0.05, 0.1) is 19.2 Å². The Kier molecular flexibility index (Phi) is 3.24. The Labute approximate surface area is 85.7 Å². The quantitative estimate of drug-likeness (QED) is 0.819. The van der Waals surface area contributed by atoms with E-state index in [0.29, 0.717) is 5.82 Å². The second-order valence-electron chi connectivity index (χ2n) is 2.61. The third kappa shape index (κ3) is 2.32. The van der Waals surface area contributed by atoms with Crippen LogP contribution >= 0.6 is 11.6 Å². The number of carbonyl (C=O) groups is 1. The van der Waals surface area contributed by atoms with E-state index in [9.17, 15) is 4.79 Å². The molecule has 1 heterocycles. The van der Waals surface area contributed by atoms with Crippen molar-refractivity contribution >= 4 is 17.6 Å². The Morgan fingerprint density at radius 2 is 2.21 bits per heavy atom. The van der Waals surface area contributed by atoms with Gasteiger partial charge in [-0.1, -0.05) is 11.6 Å². The SMILES string of the molecule is COc1nc(C)nc(CC(=O)O)c1Cl. The van der Waals surface area contributed by atoms with Crippen molar-refractivity contribution in [2.24, 2.45) is 0 Å². The number of carboxylic acid groups (broad SMARTS) is 1. The lowest BCUT2D eigenvalue weighted by molar-refractivity contribution is -0.136. The number of carboxylic acids is 1. The lowest BCUT2D eigenvalue weighted by Crippen LogP contribution is -2.06. The highest BCUT2D eigenvalue weighted by Crippen LogP contribution is 2.24. The van der Waals surface area contributed by atoms with Crippen LogP contribution in [0.3, 0.4) is 0 Å². The fourth-order valence-electron chi connectivity index (χ4n) is 0.984. The van der Waals surface area contributed by atoms with Crippen molar-refractivity contribution in [2.75, 3.05) is 7.11 Å². The van der Waals surface area contributed by atoms with E-state index < -0.39 is 5.97 Å². The Hall–Kier alpha value is -1.36. The van der Waals surface area contributed by atoms with E-state index in [2.05, 4.69) is 9.97 Å². The van der Waals surface area contributed by atoms with Gasteiger partial charge < -0.3 is 9.84 Å². The van der Waals surface area contributed by atoms with Gasteiger partial charge in [-0.2, -0.15) is 4.98 Å². The van der Waals surface area contributed by atoms with Crippen molar-refractivity contribution in [3.8, 4) is 5.88 Å². The Bertz CT molecular complexity index is 368. The molecule has 0 aliphatic rings. The summed E-state index contributed by atoms with van der Waals surface area (Å²) in [5.74, 6) is -0.357. The number of ether oxygens (including phenoxy) is 1. The van der Waals surface area contributed by atoms with Crippen LogP contribution in [0.2, 0.25) is 5.02 Å². The fraction of sp³-hybridized carbons (Fsp3) is 0.375. The van der Waals surface area contributed by atoms with E-state index in [-0.39, 0.29) is 23.0 Å². The molecule has 1 aromatic rings. The molecule has 0 fully saturated rings. The number of aliphatic carboxylic acids is 1. The molecule has 0 saturated heterocycles. The molecular weight excluding hydrogens is 208 g/mol. The van der Waals surface area contributed by atoms with E-state index in [4.69, 9.17) is 21.4 Å². The molecule has 0 unspecified atom stereocenters. The largest absolute Gasteiger partial charge is 0.481 e. The minimum Gasteiger partial charge on any atom is -0.481 e. The summed E-state index contributed by atoms with van der Waals surface area (Å²) in [7, 11) is 1.41. The highest BCUT2D eigenvalue weighted by molar-refractivity contribution is 6.32. The molecule has 6 heteroatoms. The number of aromatic nitrogens is 2. The van der Waals surface area contributed by atoms with Gasteiger partial charge in [0.1, 0.15) is 10.8 Å². The zero-order valence-corrected chi connectivity index (χ0v) is 8.50. The number of hydrogen-bond acceptors (Lipinski definition) is 4. The van der Waals surface area contributed by atoms with Gasteiger partial charge >= 0.3 is 5.97 Å². The Balaban J connectivity index is 3.15. The maximum atomic E-state index is 10.5. The van der Waals surface area contributed by atoms with Crippen molar-refractivity contribution in [3.05, 3.63) is 16.5 Å². The number of aryl methyl sites for hydroxylation is 1. The molecule has 5 nitrogen and oxygen atoms in total. The van der Waals surface area contributed by atoms with Crippen LogP contribution in [0.25, 0.3) is 0 Å². The molecule has 0 aliphatic heterocycles. The number of rotatable bonds is 3. The standard InChI is InChI=1S/C8H9ClN2O3/c1-4-10-5(3-6(12)13)7(9)8(11-4)14-2/h3H2,1-2H3,(H,12,13). The van der Waals surface area contributed by atoms with Gasteiger partial charge in [-0.25, -0.2) is 4.98 Å². The first kappa shape index (κ1) is 10.7. The third-order valence-corrected chi connectivity index (χ3v) is 1.89. The van der Waals surface area contributed by atoms with Gasteiger partial charge in [-0.3, -0.25) is 4.79 Å². The summed E-state index contributed by atoms with van der Waals surface area (Å²) in [6.45, 7) is 1.64. The summed E-state index contributed by atoms with van der Waals surface area (Å²) in [5.41, 5.74) is 0.267. The molecule has 0 spiro atoms. The zero-order chi connectivity index (χ0) is 10.7. The molecule has 0 saturated carbocycles. The van der Waals surface area contributed by atoms with Crippen LogP contribution < -0.4 is 4.74 Å². The van der Waals surface area contributed by atoms with Gasteiger partial charge in [0.25, 0.3) is 0 Å². The lowest BCUT2D eigenvalue weighted by atomic mass is 10.3. The van der Waals surface area contributed by atoms with Crippen LogP contribution in [0.15, 0.2) is 0 Å². The Morgan fingerprint density at radius 3 is 2.71 bits per heavy atom. The number of nitrogens with zero attached hydrogens (tertiary/aromatic N) is 2. The number of methoxy groups -OCH3 is 1. The minimum absolute atomic E-state index is 0.153. The summed E-state index contributed by atoms with van der Waals surface area (Å²) in [4.78, 5) is 18.3. The molecule has 0 atom stereocenters. The first-order chi connectivity index (χ1) is 6.54. The van der Waals surface area contributed by atoms with Gasteiger partial charge in [0.2, 0.25) is 5.88 Å². The van der Waals surface area contributed by atoms with Crippen molar-refractivity contribution in [2.45, 2.75) is 13.3 Å². The van der Waals surface area contributed by atoms with E-state index >= 15 is 0 Å². The normalized spacial score (nSPS) is 9.93. The number of halogens is 1. The maximum absolute atomic E-state index is 10.5. The average Bonchev–Trinajstić information content (AvgIpc) is 2.09. The van der Waals surface area contributed by atoms with E-state index in [1.165, 1.54) is 7.11 Å². The summed E-state index contributed by atoms with van der Waals surface area (Å²) in [6.07, 6.45) is -0.238. The van der Waals surface area contributed by atoms with Crippen LogP contribution in [0.4, 0.5) is 0 Å². The molecule has 0 bridgehead atoms. The second-order valence-corrected chi connectivity index (χ2v) is 2.99. The van der Waals surface area contributed by atoms with Crippen LogP contribution in [-0.4, -0.2) is 28.2 Å². The molecule has 14 heavy (non-hydrogen) atoms. The smallest absolute Gasteiger partial charge is 0.309 e. The lowest BCUT2D eigenvalue weighted by Gasteiger charge is -2.06. The zero-order valence-electron chi connectivity index (χ0n) is 7.74. The van der Waals surface area contributed by atoms with Crippen LogP contribution in [0.1, 0.15) is 11.5 Å². The van der Waals surface area contributed by atoms with E-state index in [0.717, 1.165) is 0 Å². The van der Waals surface area contributed by atoms with Gasteiger partial charge in [0.15, 0.2) is 0 Å². The Morgan fingerprint density at radius 1 is 1.57 bits per heavy atom. The minimum atomic E-state index is -0.993. The molecule has 76 valence electrons. The molecule has 0 aliphatic carbocycles. The highest BCUT2D eigenvalue weighted by Gasteiger charge is 2.13.